The fourth-order valence-electron chi connectivity index (χ4n) is 2.09. The molecule has 1 aromatic carbocycles. The summed E-state index contributed by atoms with van der Waals surface area (Å²) >= 11 is 0. The van der Waals surface area contributed by atoms with Gasteiger partial charge in [-0.3, -0.25) is 0 Å². The second-order valence-electron chi connectivity index (χ2n) is 5.97. The predicted molar refractivity (Wildman–Crippen MR) is 123 cm³/mol. The number of benzene rings is 1. The molecule has 0 spiro atoms. The second-order valence-corrected chi connectivity index (χ2v) is 8.23. The largest absolute Gasteiger partial charge is 0.493 e. The van der Waals surface area contributed by atoms with Crippen LogP contribution in [0.2, 0.25) is 0 Å². The molecule has 0 aliphatic carbocycles. The Balaban J connectivity index is 0.00000729. The summed E-state index contributed by atoms with van der Waals surface area (Å²) in [4.78, 5) is 4.50. The monoisotopic (exact) mass is 529 g/mol. The number of sulfone groups is 1. The number of hydrogen-bond donors (Lipinski definition) is 2. The van der Waals surface area contributed by atoms with Crippen LogP contribution in [0.5, 0.6) is 11.5 Å². The average molecular weight is 529 g/mol. The maximum atomic E-state index is 11.0. The molecule has 0 aromatic heterocycles. The summed E-state index contributed by atoms with van der Waals surface area (Å²) in [7, 11) is -1.38. The van der Waals surface area contributed by atoms with Crippen molar-refractivity contribution in [1.29, 1.82) is 0 Å². The summed E-state index contributed by atoms with van der Waals surface area (Å²) < 4.78 is 38.5. The highest BCUT2D eigenvalue weighted by Crippen LogP contribution is 2.26. The summed E-state index contributed by atoms with van der Waals surface area (Å²) in [6.07, 6.45) is 1.06. The van der Waals surface area contributed by atoms with Crippen LogP contribution in [0, 0.1) is 0 Å². The first-order valence-corrected chi connectivity index (χ1v) is 11.0. The molecule has 1 aromatic rings. The molecular weight excluding hydrogens is 497 g/mol. The second kappa shape index (κ2) is 14.7. The van der Waals surface area contributed by atoms with Crippen molar-refractivity contribution in [2.45, 2.75) is 20.0 Å². The van der Waals surface area contributed by atoms with Crippen LogP contribution in [0.25, 0.3) is 0 Å². The molecule has 2 N–H and O–H groups in total. The van der Waals surface area contributed by atoms with Crippen LogP contribution in [0.4, 0.5) is 0 Å². The van der Waals surface area contributed by atoms with Crippen molar-refractivity contribution >= 4 is 39.8 Å². The number of halogens is 1. The van der Waals surface area contributed by atoms with E-state index in [-0.39, 0.29) is 42.4 Å². The van der Waals surface area contributed by atoms with Gasteiger partial charge in [0, 0.05) is 19.3 Å². The van der Waals surface area contributed by atoms with Crippen molar-refractivity contribution in [3.8, 4) is 11.5 Å². The lowest BCUT2D eigenvalue weighted by Gasteiger charge is -2.16. The van der Waals surface area contributed by atoms with Gasteiger partial charge in [0.25, 0.3) is 0 Å². The lowest BCUT2D eigenvalue weighted by molar-refractivity contribution is 0.154. The Morgan fingerprint density at radius 1 is 1.18 bits per heavy atom. The first-order valence-electron chi connectivity index (χ1n) is 8.93. The van der Waals surface area contributed by atoms with Crippen LogP contribution >= 0.6 is 24.0 Å². The van der Waals surface area contributed by atoms with Crippen molar-refractivity contribution in [1.82, 2.24) is 10.6 Å². The van der Waals surface area contributed by atoms with E-state index in [2.05, 4.69) is 15.6 Å². The van der Waals surface area contributed by atoms with E-state index in [1.807, 2.05) is 38.1 Å². The Hall–Kier alpha value is -1.27. The maximum Gasteiger partial charge on any atom is 0.191 e. The van der Waals surface area contributed by atoms with Gasteiger partial charge in [0.2, 0.25) is 0 Å². The molecule has 1 unspecified atom stereocenters. The van der Waals surface area contributed by atoms with E-state index in [1.165, 1.54) is 6.26 Å². The number of methoxy groups -OCH3 is 1. The molecule has 0 amide bonds. The van der Waals surface area contributed by atoms with Crippen molar-refractivity contribution in [2.24, 2.45) is 4.99 Å². The number of ether oxygens (including phenoxy) is 3. The Morgan fingerprint density at radius 2 is 1.86 bits per heavy atom. The number of rotatable bonds is 12. The quantitative estimate of drug-likeness (QED) is 0.184. The van der Waals surface area contributed by atoms with Gasteiger partial charge in [0.15, 0.2) is 17.5 Å². The minimum atomic E-state index is -2.99. The van der Waals surface area contributed by atoms with Gasteiger partial charge < -0.3 is 24.8 Å². The first-order chi connectivity index (χ1) is 12.9. The first kappa shape index (κ1) is 26.7. The third-order valence-electron chi connectivity index (χ3n) is 3.39. The summed E-state index contributed by atoms with van der Waals surface area (Å²) in [6.45, 7) is 6.22. The molecule has 0 heterocycles. The van der Waals surface area contributed by atoms with Crippen molar-refractivity contribution in [3.05, 3.63) is 24.3 Å². The topological polar surface area (TPSA) is 98.2 Å². The van der Waals surface area contributed by atoms with Gasteiger partial charge in [0.1, 0.15) is 15.9 Å². The molecule has 162 valence electrons. The summed E-state index contributed by atoms with van der Waals surface area (Å²) in [5, 5.41) is 6.29. The van der Waals surface area contributed by atoms with Crippen molar-refractivity contribution in [2.75, 3.05) is 52.0 Å². The molecule has 0 saturated carbocycles. The number of nitrogens with one attached hydrogen (secondary N) is 2. The van der Waals surface area contributed by atoms with Crippen LogP contribution in [-0.2, 0) is 14.6 Å². The molecule has 1 rings (SSSR count). The molecule has 0 aliphatic rings. The van der Waals surface area contributed by atoms with Crippen LogP contribution < -0.4 is 20.1 Å². The van der Waals surface area contributed by atoms with E-state index < -0.39 is 9.84 Å². The molecule has 0 bridgehead atoms. The van der Waals surface area contributed by atoms with Gasteiger partial charge >= 0.3 is 0 Å². The molecule has 10 heteroatoms. The molecule has 8 nitrogen and oxygen atoms in total. The van der Waals surface area contributed by atoms with Crippen LogP contribution in [-0.4, -0.2) is 72.4 Å². The van der Waals surface area contributed by atoms with E-state index in [1.54, 1.807) is 7.11 Å². The lowest BCUT2D eigenvalue weighted by atomic mass is 10.3. The van der Waals surface area contributed by atoms with Crippen LogP contribution in [0.3, 0.4) is 0 Å². The Kier molecular flexibility index (Phi) is 14.0. The number of hydrogen-bond acceptors (Lipinski definition) is 6. The molecule has 0 fully saturated rings. The summed E-state index contributed by atoms with van der Waals surface area (Å²) in [6, 6.07) is 7.49. The Bertz CT molecular complexity index is 686. The molecule has 28 heavy (non-hydrogen) atoms. The highest BCUT2D eigenvalue weighted by Gasteiger charge is 2.08. The molecular formula is C18H32IN3O5S. The van der Waals surface area contributed by atoms with Gasteiger partial charge in [-0.05, 0) is 26.0 Å². The summed E-state index contributed by atoms with van der Waals surface area (Å²) in [5.41, 5.74) is 0. The molecule has 0 aliphatic heterocycles. The van der Waals surface area contributed by atoms with E-state index in [9.17, 15) is 8.42 Å². The number of guanidine groups is 1. The SMILES string of the molecule is CCNC(=NCC(C)Oc1ccccc1OC)NCCOCCS(C)(=O)=O.I. The molecule has 0 saturated heterocycles. The predicted octanol–water partition coefficient (Wildman–Crippen LogP) is 1.70. The fraction of sp³-hybridized carbons (Fsp3) is 0.611. The third kappa shape index (κ3) is 12.2. The summed E-state index contributed by atoms with van der Waals surface area (Å²) in [5.74, 6) is 2.04. The van der Waals surface area contributed by atoms with Crippen molar-refractivity contribution in [3.63, 3.8) is 0 Å². The standard InChI is InChI=1S/C18H31N3O5S.HI/c1-5-19-18(20-10-11-25-12-13-27(4,22)23)21-14-15(2)26-17-9-7-6-8-16(17)24-3;/h6-9,15H,5,10-14H2,1-4H3,(H2,19,20,21);1H. The highest BCUT2D eigenvalue weighted by molar-refractivity contribution is 14.0. The van der Waals surface area contributed by atoms with Gasteiger partial charge in [-0.1, -0.05) is 12.1 Å². The van der Waals surface area contributed by atoms with Crippen molar-refractivity contribution < 1.29 is 22.6 Å². The maximum absolute atomic E-state index is 11.0. The van der Waals surface area contributed by atoms with Crippen LogP contribution in [0.15, 0.2) is 29.3 Å². The Labute approximate surface area is 185 Å². The average Bonchev–Trinajstić information content (AvgIpc) is 2.62. The van der Waals surface area contributed by atoms with Gasteiger partial charge in [-0.2, -0.15) is 0 Å². The molecule has 0 radical (unpaired) electrons. The van der Waals surface area contributed by atoms with E-state index in [0.717, 1.165) is 6.54 Å². The minimum Gasteiger partial charge on any atom is -0.493 e. The molecule has 1 atom stereocenters. The van der Waals surface area contributed by atoms with Crippen LogP contribution in [0.1, 0.15) is 13.8 Å². The zero-order valence-electron chi connectivity index (χ0n) is 16.9. The normalized spacial score (nSPS) is 12.6. The van der Waals surface area contributed by atoms with E-state index in [4.69, 9.17) is 14.2 Å². The van der Waals surface area contributed by atoms with Gasteiger partial charge in [0.05, 0.1) is 32.6 Å². The van der Waals surface area contributed by atoms with E-state index >= 15 is 0 Å². The van der Waals surface area contributed by atoms with Gasteiger partial charge in [-0.25, -0.2) is 13.4 Å². The third-order valence-corrected chi connectivity index (χ3v) is 4.29. The number of para-hydroxylation sites is 2. The number of nitrogens with zero attached hydrogens (tertiary/aromatic N) is 1. The fourth-order valence-corrected chi connectivity index (χ4v) is 2.51. The zero-order chi connectivity index (χ0) is 20.1. The minimum absolute atomic E-state index is 0. The lowest BCUT2D eigenvalue weighted by Crippen LogP contribution is -2.39. The highest BCUT2D eigenvalue weighted by atomic mass is 127. The zero-order valence-corrected chi connectivity index (χ0v) is 20.1. The van der Waals surface area contributed by atoms with E-state index in [0.29, 0.717) is 37.2 Å². The number of aliphatic imine (C=N–C) groups is 1. The Morgan fingerprint density at radius 3 is 2.46 bits per heavy atom. The smallest absolute Gasteiger partial charge is 0.191 e. The van der Waals surface area contributed by atoms with Gasteiger partial charge in [-0.15, -0.1) is 24.0 Å².